The number of anilines is 1. The third kappa shape index (κ3) is 6.34. The Kier molecular flexibility index (Phi) is 7.67. The smallest absolute Gasteiger partial charge is 0.225 e. The van der Waals surface area contributed by atoms with Crippen LogP contribution < -0.4 is 15.0 Å². The molecule has 29 heavy (non-hydrogen) atoms. The highest BCUT2D eigenvalue weighted by Gasteiger charge is 2.20. The van der Waals surface area contributed by atoms with Crippen LogP contribution in [0.1, 0.15) is 19.4 Å². The summed E-state index contributed by atoms with van der Waals surface area (Å²) in [5, 5.41) is 3.49. The predicted octanol–water partition coefficient (Wildman–Crippen LogP) is 2.45. The molecule has 1 aromatic carbocycles. The van der Waals surface area contributed by atoms with Gasteiger partial charge in [-0.25, -0.2) is 9.97 Å². The maximum atomic E-state index is 5.75. The highest BCUT2D eigenvalue weighted by atomic mass is 16.5. The summed E-state index contributed by atoms with van der Waals surface area (Å²) in [6.45, 7) is 9.50. The van der Waals surface area contributed by atoms with Crippen LogP contribution in [0.5, 0.6) is 5.75 Å². The second kappa shape index (κ2) is 10.6. The molecule has 0 amide bonds. The van der Waals surface area contributed by atoms with Crippen molar-refractivity contribution < 1.29 is 4.74 Å². The van der Waals surface area contributed by atoms with E-state index in [2.05, 4.69) is 68.2 Å². The van der Waals surface area contributed by atoms with E-state index in [9.17, 15) is 0 Å². The molecular formula is C22H32N6O. The fourth-order valence-corrected chi connectivity index (χ4v) is 3.24. The monoisotopic (exact) mass is 396 g/mol. The average molecular weight is 397 g/mol. The lowest BCUT2D eigenvalue weighted by Crippen LogP contribution is -2.53. The number of nitrogens with one attached hydrogen (secondary N) is 1. The lowest BCUT2D eigenvalue weighted by molar-refractivity contribution is 0.271. The van der Waals surface area contributed by atoms with E-state index in [0.717, 1.165) is 63.4 Å². The molecule has 7 heteroatoms. The van der Waals surface area contributed by atoms with E-state index in [1.807, 2.05) is 13.1 Å². The van der Waals surface area contributed by atoms with Gasteiger partial charge in [0, 0.05) is 52.2 Å². The third-order valence-electron chi connectivity index (χ3n) is 4.83. The minimum atomic E-state index is 0.535. The van der Waals surface area contributed by atoms with Gasteiger partial charge in [-0.05, 0) is 36.1 Å². The van der Waals surface area contributed by atoms with Crippen LogP contribution in [0.3, 0.4) is 0 Å². The second-order valence-electron chi connectivity index (χ2n) is 7.60. The molecular weight excluding hydrogens is 364 g/mol. The Balaban J connectivity index is 1.42. The van der Waals surface area contributed by atoms with Crippen molar-refractivity contribution in [1.29, 1.82) is 0 Å². The number of hydrogen-bond donors (Lipinski definition) is 1. The van der Waals surface area contributed by atoms with Gasteiger partial charge >= 0.3 is 0 Å². The van der Waals surface area contributed by atoms with Gasteiger partial charge in [0.25, 0.3) is 0 Å². The molecule has 2 heterocycles. The molecule has 1 fully saturated rings. The number of ether oxygens (including phenoxy) is 1. The molecule has 1 aliphatic heterocycles. The van der Waals surface area contributed by atoms with Gasteiger partial charge in [-0.15, -0.1) is 0 Å². The van der Waals surface area contributed by atoms with Crippen LogP contribution in [0.25, 0.3) is 0 Å². The number of benzene rings is 1. The van der Waals surface area contributed by atoms with Crippen molar-refractivity contribution in [2.45, 2.75) is 20.3 Å². The van der Waals surface area contributed by atoms with E-state index < -0.39 is 0 Å². The highest BCUT2D eigenvalue weighted by Crippen LogP contribution is 2.14. The Bertz CT molecular complexity index is 755. The third-order valence-corrected chi connectivity index (χ3v) is 4.83. The first kappa shape index (κ1) is 20.9. The van der Waals surface area contributed by atoms with Gasteiger partial charge in [-0.2, -0.15) is 0 Å². The van der Waals surface area contributed by atoms with Crippen LogP contribution in [-0.2, 0) is 6.42 Å². The average Bonchev–Trinajstić information content (AvgIpc) is 2.77. The maximum Gasteiger partial charge on any atom is 0.225 e. The number of nitrogens with zero attached hydrogens (tertiary/aromatic N) is 5. The second-order valence-corrected chi connectivity index (χ2v) is 7.60. The Labute approximate surface area is 173 Å². The number of piperazine rings is 1. The molecule has 1 aromatic heterocycles. The van der Waals surface area contributed by atoms with Crippen molar-refractivity contribution in [3.63, 3.8) is 0 Å². The van der Waals surface area contributed by atoms with Gasteiger partial charge in [0.15, 0.2) is 5.96 Å². The van der Waals surface area contributed by atoms with Gasteiger partial charge in [0.1, 0.15) is 5.75 Å². The molecule has 1 aliphatic rings. The fraction of sp³-hybridized carbons (Fsp3) is 0.500. The topological polar surface area (TPSA) is 65.9 Å². The summed E-state index contributed by atoms with van der Waals surface area (Å²) in [6, 6.07) is 10.2. The Morgan fingerprint density at radius 1 is 1.10 bits per heavy atom. The molecule has 1 saturated heterocycles. The first-order valence-electron chi connectivity index (χ1n) is 10.3. The van der Waals surface area contributed by atoms with E-state index >= 15 is 0 Å². The Hall–Kier alpha value is -2.83. The SMILES string of the molecule is CN=C(NCCc1ccc(OCC(C)C)cc1)N1CCN(c2ncccn2)CC1. The minimum Gasteiger partial charge on any atom is -0.493 e. The number of rotatable bonds is 7. The molecule has 3 rings (SSSR count). The molecule has 0 saturated carbocycles. The number of aliphatic imine (C=N–C) groups is 1. The molecule has 0 aliphatic carbocycles. The van der Waals surface area contributed by atoms with Crippen LogP contribution in [0, 0.1) is 5.92 Å². The first-order valence-corrected chi connectivity index (χ1v) is 10.3. The molecule has 1 N–H and O–H groups in total. The number of guanidine groups is 1. The van der Waals surface area contributed by atoms with Crippen molar-refractivity contribution >= 4 is 11.9 Å². The fourth-order valence-electron chi connectivity index (χ4n) is 3.24. The maximum absolute atomic E-state index is 5.75. The lowest BCUT2D eigenvalue weighted by atomic mass is 10.1. The van der Waals surface area contributed by atoms with Crippen molar-refractivity contribution in [1.82, 2.24) is 20.2 Å². The highest BCUT2D eigenvalue weighted by molar-refractivity contribution is 5.80. The zero-order valence-corrected chi connectivity index (χ0v) is 17.7. The molecule has 0 radical (unpaired) electrons. The molecule has 156 valence electrons. The summed E-state index contributed by atoms with van der Waals surface area (Å²) in [6.07, 6.45) is 4.53. The van der Waals surface area contributed by atoms with E-state index in [1.165, 1.54) is 5.56 Å². The van der Waals surface area contributed by atoms with Crippen molar-refractivity contribution in [2.24, 2.45) is 10.9 Å². The number of hydrogen-bond acceptors (Lipinski definition) is 5. The largest absolute Gasteiger partial charge is 0.493 e. The molecule has 0 atom stereocenters. The summed E-state index contributed by atoms with van der Waals surface area (Å²) < 4.78 is 5.75. The summed E-state index contributed by atoms with van der Waals surface area (Å²) in [7, 11) is 1.84. The van der Waals surface area contributed by atoms with Gasteiger partial charge in [0.2, 0.25) is 5.95 Å². The zero-order valence-electron chi connectivity index (χ0n) is 17.7. The molecule has 0 spiro atoms. The van der Waals surface area contributed by atoms with Gasteiger partial charge in [-0.3, -0.25) is 4.99 Å². The van der Waals surface area contributed by atoms with Gasteiger partial charge < -0.3 is 19.9 Å². The standard InChI is InChI=1S/C22H32N6O/c1-18(2)17-29-20-7-5-19(6-8-20)9-12-26-21(23-3)27-13-15-28(16-14-27)22-24-10-4-11-25-22/h4-8,10-11,18H,9,12-17H2,1-3H3,(H,23,26). The van der Waals surface area contributed by atoms with Crippen LogP contribution in [0.4, 0.5) is 5.95 Å². The summed E-state index contributed by atoms with van der Waals surface area (Å²) in [5.41, 5.74) is 1.29. The Morgan fingerprint density at radius 3 is 2.41 bits per heavy atom. The van der Waals surface area contributed by atoms with E-state index in [-0.39, 0.29) is 0 Å². The van der Waals surface area contributed by atoms with Crippen LogP contribution in [0.2, 0.25) is 0 Å². The van der Waals surface area contributed by atoms with Crippen LogP contribution in [0.15, 0.2) is 47.7 Å². The first-order chi connectivity index (χ1) is 14.2. The zero-order chi connectivity index (χ0) is 20.5. The summed E-state index contributed by atoms with van der Waals surface area (Å²) in [4.78, 5) is 17.7. The molecule has 7 nitrogen and oxygen atoms in total. The molecule has 2 aromatic rings. The Morgan fingerprint density at radius 2 is 1.79 bits per heavy atom. The van der Waals surface area contributed by atoms with Crippen molar-refractivity contribution in [3.05, 3.63) is 48.3 Å². The van der Waals surface area contributed by atoms with E-state index in [4.69, 9.17) is 4.74 Å². The van der Waals surface area contributed by atoms with Crippen molar-refractivity contribution in [3.8, 4) is 5.75 Å². The molecule has 0 unspecified atom stereocenters. The van der Waals surface area contributed by atoms with Crippen molar-refractivity contribution in [2.75, 3.05) is 51.3 Å². The van der Waals surface area contributed by atoms with E-state index in [0.29, 0.717) is 5.92 Å². The minimum absolute atomic E-state index is 0.535. The van der Waals surface area contributed by atoms with Crippen LogP contribution in [-0.4, -0.2) is 67.2 Å². The summed E-state index contributed by atoms with van der Waals surface area (Å²) >= 11 is 0. The van der Waals surface area contributed by atoms with E-state index in [1.54, 1.807) is 12.4 Å². The summed E-state index contributed by atoms with van der Waals surface area (Å²) in [5.74, 6) is 3.23. The number of aromatic nitrogens is 2. The van der Waals surface area contributed by atoms with Crippen LogP contribution >= 0.6 is 0 Å². The van der Waals surface area contributed by atoms with Gasteiger partial charge in [0.05, 0.1) is 6.61 Å². The predicted molar refractivity (Wildman–Crippen MR) is 118 cm³/mol. The quantitative estimate of drug-likeness (QED) is 0.573. The normalized spacial score (nSPS) is 15.0. The molecule has 0 bridgehead atoms. The lowest BCUT2D eigenvalue weighted by Gasteiger charge is -2.36. The van der Waals surface area contributed by atoms with Gasteiger partial charge in [-0.1, -0.05) is 26.0 Å².